The summed E-state index contributed by atoms with van der Waals surface area (Å²) in [6.45, 7) is 4.66. The van der Waals surface area contributed by atoms with E-state index in [-0.39, 0.29) is 18.4 Å². The molecule has 0 radical (unpaired) electrons. The molecule has 1 amide bonds. The van der Waals surface area contributed by atoms with Crippen LogP contribution in [0.1, 0.15) is 50.9 Å². The van der Waals surface area contributed by atoms with Gasteiger partial charge in [-0.25, -0.2) is 4.98 Å². The number of carboxylic acids is 1. The number of imidazole rings is 1. The van der Waals surface area contributed by atoms with E-state index in [2.05, 4.69) is 9.55 Å². The molecule has 1 N–H and O–H groups in total. The number of nitrogens with zero attached hydrogens (tertiary/aromatic N) is 3. The normalized spacial score (nSPS) is 25.9. The lowest BCUT2D eigenvalue weighted by atomic mass is 9.97. The predicted octanol–water partition coefficient (Wildman–Crippen LogP) is 1.85. The molecule has 0 aromatic carbocycles. The highest BCUT2D eigenvalue weighted by Crippen LogP contribution is 2.43. The third kappa shape index (κ3) is 2.54. The molecular weight excluding hydrogens is 270 g/mol. The van der Waals surface area contributed by atoms with Crippen LogP contribution in [0.15, 0.2) is 12.5 Å². The molecule has 0 bridgehead atoms. The lowest BCUT2D eigenvalue weighted by Gasteiger charge is -2.29. The Bertz CT molecular complexity index is 562. The van der Waals surface area contributed by atoms with E-state index < -0.39 is 11.9 Å². The SMILES string of the molecule is CC(C)CN1C(=O)CC(C(=O)O)C1c1cncn1C1CC1. The summed E-state index contributed by atoms with van der Waals surface area (Å²) in [6, 6.07) is 0.0362. The summed E-state index contributed by atoms with van der Waals surface area (Å²) in [5, 5.41) is 9.49. The Morgan fingerprint density at radius 3 is 2.76 bits per heavy atom. The third-order valence-electron chi connectivity index (χ3n) is 4.25. The van der Waals surface area contributed by atoms with Gasteiger partial charge in [-0.3, -0.25) is 9.59 Å². The van der Waals surface area contributed by atoms with Crippen LogP contribution >= 0.6 is 0 Å². The fourth-order valence-electron chi connectivity index (χ4n) is 3.19. The van der Waals surface area contributed by atoms with Crippen LogP contribution in [0.2, 0.25) is 0 Å². The van der Waals surface area contributed by atoms with Crippen molar-refractivity contribution in [1.82, 2.24) is 14.5 Å². The summed E-state index contributed by atoms with van der Waals surface area (Å²) in [4.78, 5) is 29.8. The first-order chi connectivity index (χ1) is 9.99. The number of carboxylic acid groups (broad SMARTS) is 1. The van der Waals surface area contributed by atoms with Gasteiger partial charge in [0.2, 0.25) is 5.91 Å². The Morgan fingerprint density at radius 1 is 1.48 bits per heavy atom. The van der Waals surface area contributed by atoms with Crippen LogP contribution in [0.3, 0.4) is 0 Å². The maximum atomic E-state index is 12.3. The van der Waals surface area contributed by atoms with E-state index in [9.17, 15) is 14.7 Å². The highest BCUT2D eigenvalue weighted by atomic mass is 16.4. The topological polar surface area (TPSA) is 75.4 Å². The van der Waals surface area contributed by atoms with Crippen molar-refractivity contribution in [1.29, 1.82) is 0 Å². The first kappa shape index (κ1) is 14.1. The smallest absolute Gasteiger partial charge is 0.309 e. The third-order valence-corrected chi connectivity index (χ3v) is 4.25. The first-order valence-electron chi connectivity index (χ1n) is 7.53. The van der Waals surface area contributed by atoms with Gasteiger partial charge in [-0.2, -0.15) is 0 Å². The summed E-state index contributed by atoms with van der Waals surface area (Å²) in [5.74, 6) is -1.33. The average Bonchev–Trinajstić information content (AvgIpc) is 3.05. The van der Waals surface area contributed by atoms with Crippen molar-refractivity contribution < 1.29 is 14.7 Å². The number of rotatable bonds is 5. The van der Waals surface area contributed by atoms with Gasteiger partial charge in [0.05, 0.1) is 30.2 Å². The molecule has 3 rings (SSSR count). The number of carbonyl (C=O) groups excluding carboxylic acids is 1. The van der Waals surface area contributed by atoms with Gasteiger partial charge in [0.25, 0.3) is 0 Å². The standard InChI is InChI=1S/C15H21N3O3/c1-9(2)7-17-13(19)5-11(15(20)21)14(17)12-6-16-8-18(12)10-3-4-10/h6,8-11,14H,3-5,7H2,1-2H3,(H,20,21). The molecule has 2 aliphatic rings. The molecule has 1 aliphatic heterocycles. The molecular formula is C15H21N3O3. The minimum atomic E-state index is -0.900. The molecule has 1 aliphatic carbocycles. The van der Waals surface area contributed by atoms with E-state index in [1.807, 2.05) is 13.8 Å². The van der Waals surface area contributed by atoms with Gasteiger partial charge < -0.3 is 14.6 Å². The number of amides is 1. The second kappa shape index (κ2) is 5.16. The van der Waals surface area contributed by atoms with E-state index in [1.54, 1.807) is 17.4 Å². The Morgan fingerprint density at radius 2 is 2.19 bits per heavy atom. The molecule has 1 aromatic rings. The highest BCUT2D eigenvalue weighted by molar-refractivity contribution is 5.87. The highest BCUT2D eigenvalue weighted by Gasteiger charge is 2.46. The summed E-state index contributed by atoms with van der Waals surface area (Å²) >= 11 is 0. The van der Waals surface area contributed by atoms with Crippen molar-refractivity contribution in [3.63, 3.8) is 0 Å². The lowest BCUT2D eigenvalue weighted by molar-refractivity contribution is -0.142. The van der Waals surface area contributed by atoms with Crippen LogP contribution in [0.25, 0.3) is 0 Å². The molecule has 1 aromatic heterocycles. The molecule has 1 saturated carbocycles. The molecule has 0 spiro atoms. The van der Waals surface area contributed by atoms with Crippen molar-refractivity contribution in [3.05, 3.63) is 18.2 Å². The van der Waals surface area contributed by atoms with Gasteiger partial charge in [0.15, 0.2) is 0 Å². The Labute approximate surface area is 123 Å². The lowest BCUT2D eigenvalue weighted by Crippen LogP contribution is -2.34. The molecule has 2 heterocycles. The van der Waals surface area contributed by atoms with Crippen LogP contribution in [0, 0.1) is 11.8 Å². The van der Waals surface area contributed by atoms with E-state index in [0.717, 1.165) is 18.5 Å². The molecule has 1 saturated heterocycles. The van der Waals surface area contributed by atoms with Gasteiger partial charge in [-0.15, -0.1) is 0 Å². The average molecular weight is 291 g/mol. The Kier molecular flexibility index (Phi) is 3.47. The summed E-state index contributed by atoms with van der Waals surface area (Å²) in [6.07, 6.45) is 5.79. The van der Waals surface area contributed by atoms with Gasteiger partial charge >= 0.3 is 5.97 Å². The molecule has 2 fully saturated rings. The molecule has 2 unspecified atom stereocenters. The second-order valence-electron chi connectivity index (χ2n) is 6.49. The van der Waals surface area contributed by atoms with Crippen molar-refractivity contribution in [2.75, 3.05) is 6.54 Å². The number of aromatic nitrogens is 2. The van der Waals surface area contributed by atoms with Crippen LogP contribution < -0.4 is 0 Å². The fraction of sp³-hybridized carbons (Fsp3) is 0.667. The van der Waals surface area contributed by atoms with Crippen molar-refractivity contribution in [2.45, 2.75) is 45.2 Å². The maximum Gasteiger partial charge on any atom is 0.309 e. The van der Waals surface area contributed by atoms with E-state index in [1.165, 1.54) is 0 Å². The van der Waals surface area contributed by atoms with E-state index in [4.69, 9.17) is 0 Å². The van der Waals surface area contributed by atoms with Gasteiger partial charge in [0, 0.05) is 19.0 Å². The minimum absolute atomic E-state index is 0.0651. The predicted molar refractivity (Wildman–Crippen MR) is 75.5 cm³/mol. The van der Waals surface area contributed by atoms with Crippen LogP contribution in [0.5, 0.6) is 0 Å². The van der Waals surface area contributed by atoms with Crippen molar-refractivity contribution in [2.24, 2.45) is 11.8 Å². The zero-order valence-corrected chi connectivity index (χ0v) is 12.4. The van der Waals surface area contributed by atoms with Crippen molar-refractivity contribution in [3.8, 4) is 0 Å². The minimum Gasteiger partial charge on any atom is -0.481 e. The molecule has 6 nitrogen and oxygen atoms in total. The molecule has 6 heteroatoms. The second-order valence-corrected chi connectivity index (χ2v) is 6.49. The Hall–Kier alpha value is -1.85. The van der Waals surface area contributed by atoms with Gasteiger partial charge in [0.1, 0.15) is 0 Å². The number of hydrogen-bond donors (Lipinski definition) is 1. The number of aliphatic carboxylic acids is 1. The molecule has 2 atom stereocenters. The summed E-state index contributed by atoms with van der Waals surface area (Å²) in [7, 11) is 0. The van der Waals surface area contributed by atoms with E-state index in [0.29, 0.717) is 18.5 Å². The zero-order valence-electron chi connectivity index (χ0n) is 12.4. The number of likely N-dealkylation sites (tertiary alicyclic amines) is 1. The van der Waals surface area contributed by atoms with Gasteiger partial charge in [-0.05, 0) is 18.8 Å². The first-order valence-corrected chi connectivity index (χ1v) is 7.53. The maximum absolute atomic E-state index is 12.3. The molecule has 114 valence electrons. The number of hydrogen-bond acceptors (Lipinski definition) is 3. The fourth-order valence-corrected chi connectivity index (χ4v) is 3.19. The largest absolute Gasteiger partial charge is 0.481 e. The van der Waals surface area contributed by atoms with Crippen LogP contribution in [-0.2, 0) is 9.59 Å². The molecule has 21 heavy (non-hydrogen) atoms. The quantitative estimate of drug-likeness (QED) is 0.898. The number of carbonyl (C=O) groups is 2. The Balaban J connectivity index is 1.97. The van der Waals surface area contributed by atoms with Gasteiger partial charge in [-0.1, -0.05) is 13.8 Å². The summed E-state index contributed by atoms with van der Waals surface area (Å²) in [5.41, 5.74) is 0.872. The summed E-state index contributed by atoms with van der Waals surface area (Å²) < 4.78 is 2.06. The monoisotopic (exact) mass is 291 g/mol. The van der Waals surface area contributed by atoms with E-state index >= 15 is 0 Å². The van der Waals surface area contributed by atoms with Crippen LogP contribution in [-0.4, -0.2) is 38.0 Å². The zero-order chi connectivity index (χ0) is 15.1. The van der Waals surface area contributed by atoms with Crippen molar-refractivity contribution >= 4 is 11.9 Å². The van der Waals surface area contributed by atoms with Crippen LogP contribution in [0.4, 0.5) is 0 Å².